The molecular weight excluding hydrogens is 374 g/mol. The molecule has 7 aliphatic rings. The van der Waals surface area contributed by atoms with Gasteiger partial charge in [-0.05, 0) is 76.6 Å². The van der Waals surface area contributed by atoms with Crippen molar-refractivity contribution in [2.45, 2.75) is 88.6 Å². The molecule has 4 bridgehead atoms. The summed E-state index contributed by atoms with van der Waals surface area (Å²) in [4.78, 5) is 2.68. The molecular formula is C26H35NO3. The fraction of sp³-hybridized carbons (Fsp3) is 0.769. The highest BCUT2D eigenvalue weighted by molar-refractivity contribution is 5.64. The van der Waals surface area contributed by atoms with Crippen LogP contribution in [0.2, 0.25) is 0 Å². The third-order valence-electron chi connectivity index (χ3n) is 11.3. The molecule has 0 radical (unpaired) electrons. The third kappa shape index (κ3) is 1.53. The Morgan fingerprint density at radius 3 is 2.67 bits per heavy atom. The van der Waals surface area contributed by atoms with Gasteiger partial charge in [-0.2, -0.15) is 0 Å². The molecule has 2 saturated heterocycles. The van der Waals surface area contributed by atoms with Gasteiger partial charge in [0.25, 0.3) is 0 Å². The summed E-state index contributed by atoms with van der Waals surface area (Å²) in [5.41, 5.74) is 3.13. The molecule has 4 heteroatoms. The lowest BCUT2D eigenvalue weighted by atomic mass is 9.33. The molecule has 6 atom stereocenters. The molecule has 4 nitrogen and oxygen atoms in total. The van der Waals surface area contributed by atoms with E-state index in [1.165, 1.54) is 30.4 Å². The van der Waals surface area contributed by atoms with Crippen molar-refractivity contribution < 1.29 is 14.2 Å². The Bertz CT molecular complexity index is 985. The standard InChI is InChI=1S/C26H35NO3/c1-22(2)17-14-24-9-10-26(17,30-23(22,3)4)21-25(24)11-12-27(5)18(24)13-15-7-8-16(28-6)20(29-21)19(15)25/h7-8,17-18,21H,9-14H2,1-6H3/t17-,18-,21-,24-,25+,26-/m1/s1. The van der Waals surface area contributed by atoms with Crippen molar-refractivity contribution in [3.05, 3.63) is 23.3 Å². The molecule has 5 fully saturated rings. The minimum Gasteiger partial charge on any atom is -0.493 e. The lowest BCUT2D eigenvalue weighted by Crippen LogP contribution is -2.80. The summed E-state index contributed by atoms with van der Waals surface area (Å²) in [7, 11) is 4.15. The lowest BCUT2D eigenvalue weighted by Gasteiger charge is -2.73. The Kier molecular flexibility index (Phi) is 2.98. The van der Waals surface area contributed by atoms with E-state index in [0.29, 0.717) is 12.0 Å². The van der Waals surface area contributed by atoms with Crippen molar-refractivity contribution in [2.24, 2.45) is 16.7 Å². The number of fused-ring (bicyclic) bond motifs is 1. The summed E-state index contributed by atoms with van der Waals surface area (Å²) in [6.07, 6.45) is 6.10. The van der Waals surface area contributed by atoms with Gasteiger partial charge in [0.05, 0.1) is 12.7 Å². The van der Waals surface area contributed by atoms with Crippen molar-refractivity contribution in [3.63, 3.8) is 0 Å². The first-order chi connectivity index (χ1) is 14.1. The topological polar surface area (TPSA) is 30.9 Å². The van der Waals surface area contributed by atoms with Crippen LogP contribution in [0.4, 0.5) is 0 Å². The van der Waals surface area contributed by atoms with Gasteiger partial charge in [-0.1, -0.05) is 19.9 Å². The number of ether oxygens (including phenoxy) is 3. The lowest BCUT2D eigenvalue weighted by molar-refractivity contribution is -0.270. The van der Waals surface area contributed by atoms with Crippen LogP contribution >= 0.6 is 0 Å². The van der Waals surface area contributed by atoms with Gasteiger partial charge in [-0.15, -0.1) is 0 Å². The zero-order valence-corrected chi connectivity index (χ0v) is 19.3. The molecule has 0 aromatic heterocycles. The molecule has 8 rings (SSSR count). The molecule has 4 aliphatic carbocycles. The second-order valence-electron chi connectivity index (χ2n) is 12.3. The number of hydrogen-bond acceptors (Lipinski definition) is 4. The average Bonchev–Trinajstić information content (AvgIpc) is 3.14. The Morgan fingerprint density at radius 2 is 1.90 bits per heavy atom. The van der Waals surface area contributed by atoms with Gasteiger partial charge in [-0.3, -0.25) is 0 Å². The average molecular weight is 410 g/mol. The zero-order valence-electron chi connectivity index (χ0n) is 19.3. The van der Waals surface area contributed by atoms with Crippen molar-refractivity contribution in [1.29, 1.82) is 0 Å². The third-order valence-corrected chi connectivity index (χ3v) is 11.3. The SMILES string of the molecule is COc1ccc2c3c1O[C@H]1[C@@]45CC[C@@]6(C[C@@H]4C(C)(C)C(C)(C)O5)[C@@H](C2)N(C)CC[C@]316. The molecule has 162 valence electrons. The van der Waals surface area contributed by atoms with Crippen LogP contribution in [0.25, 0.3) is 0 Å². The quantitative estimate of drug-likeness (QED) is 0.691. The normalized spacial score (nSPS) is 48.1. The van der Waals surface area contributed by atoms with Crippen LogP contribution in [0.1, 0.15) is 64.5 Å². The van der Waals surface area contributed by atoms with Gasteiger partial charge in [0.2, 0.25) is 0 Å². The summed E-state index contributed by atoms with van der Waals surface area (Å²) in [6, 6.07) is 5.06. The summed E-state index contributed by atoms with van der Waals surface area (Å²) >= 11 is 0. The molecule has 3 saturated carbocycles. The predicted molar refractivity (Wildman–Crippen MR) is 115 cm³/mol. The number of likely N-dealkylation sites (tertiary alicyclic amines) is 1. The smallest absolute Gasteiger partial charge is 0.165 e. The van der Waals surface area contributed by atoms with E-state index < -0.39 is 0 Å². The second kappa shape index (κ2) is 4.88. The predicted octanol–water partition coefficient (Wildman–Crippen LogP) is 4.33. The number of likely N-dealkylation sites (N-methyl/N-ethyl adjacent to an activating group) is 1. The molecule has 3 heterocycles. The largest absolute Gasteiger partial charge is 0.493 e. The van der Waals surface area contributed by atoms with Crippen LogP contribution in [0.15, 0.2) is 12.1 Å². The summed E-state index contributed by atoms with van der Waals surface area (Å²) in [5, 5.41) is 0. The molecule has 1 aromatic rings. The molecule has 1 aromatic carbocycles. The second-order valence-corrected chi connectivity index (χ2v) is 12.3. The Hall–Kier alpha value is -1.26. The molecule has 0 amide bonds. The van der Waals surface area contributed by atoms with E-state index in [1.54, 1.807) is 7.11 Å². The molecule has 3 spiro atoms. The summed E-state index contributed by atoms with van der Waals surface area (Å²) in [6.45, 7) is 10.7. The van der Waals surface area contributed by atoms with Crippen LogP contribution in [0.5, 0.6) is 11.5 Å². The number of methoxy groups -OCH3 is 1. The maximum absolute atomic E-state index is 7.20. The highest BCUT2D eigenvalue weighted by atomic mass is 16.6. The van der Waals surface area contributed by atoms with Crippen LogP contribution in [0.3, 0.4) is 0 Å². The number of rotatable bonds is 1. The van der Waals surface area contributed by atoms with Crippen LogP contribution in [-0.2, 0) is 16.6 Å². The fourth-order valence-electron chi connectivity index (χ4n) is 9.53. The molecule has 30 heavy (non-hydrogen) atoms. The first-order valence-corrected chi connectivity index (χ1v) is 11.9. The monoisotopic (exact) mass is 409 g/mol. The molecule has 3 aliphatic heterocycles. The van der Waals surface area contributed by atoms with E-state index in [9.17, 15) is 0 Å². The van der Waals surface area contributed by atoms with Crippen LogP contribution in [0, 0.1) is 16.7 Å². The highest BCUT2D eigenvalue weighted by Gasteiger charge is 2.84. The van der Waals surface area contributed by atoms with Crippen molar-refractivity contribution in [1.82, 2.24) is 4.90 Å². The summed E-state index contributed by atoms with van der Waals surface area (Å²) in [5.74, 6) is 2.48. The van der Waals surface area contributed by atoms with Crippen molar-refractivity contribution in [2.75, 3.05) is 20.7 Å². The Morgan fingerprint density at radius 1 is 1.10 bits per heavy atom. The van der Waals surface area contributed by atoms with Gasteiger partial charge in [0, 0.05) is 28.4 Å². The first kappa shape index (κ1) is 18.3. The number of hydrogen-bond donors (Lipinski definition) is 0. The molecule has 0 N–H and O–H groups in total. The highest BCUT2D eigenvalue weighted by Crippen LogP contribution is 2.80. The minimum absolute atomic E-state index is 0.0763. The van der Waals surface area contributed by atoms with Gasteiger partial charge in [-0.25, -0.2) is 0 Å². The number of nitrogens with zero attached hydrogens (tertiary/aromatic N) is 1. The Balaban J connectivity index is 1.56. The van der Waals surface area contributed by atoms with E-state index in [1.807, 2.05) is 0 Å². The van der Waals surface area contributed by atoms with Gasteiger partial charge < -0.3 is 19.1 Å². The summed E-state index contributed by atoms with van der Waals surface area (Å²) < 4.78 is 20.1. The minimum atomic E-state index is -0.187. The van der Waals surface area contributed by atoms with Crippen molar-refractivity contribution in [3.8, 4) is 11.5 Å². The number of benzene rings is 1. The van der Waals surface area contributed by atoms with Crippen molar-refractivity contribution >= 4 is 0 Å². The van der Waals surface area contributed by atoms with Gasteiger partial charge in [0.15, 0.2) is 11.5 Å². The van der Waals surface area contributed by atoms with Crippen LogP contribution < -0.4 is 9.47 Å². The maximum atomic E-state index is 7.20. The van der Waals surface area contributed by atoms with E-state index in [-0.39, 0.29) is 33.6 Å². The van der Waals surface area contributed by atoms with E-state index >= 15 is 0 Å². The fourth-order valence-corrected chi connectivity index (χ4v) is 9.53. The van der Waals surface area contributed by atoms with E-state index in [2.05, 4.69) is 51.8 Å². The molecule has 0 unspecified atom stereocenters. The van der Waals surface area contributed by atoms with E-state index in [0.717, 1.165) is 30.9 Å². The first-order valence-electron chi connectivity index (χ1n) is 11.9. The number of piperidine rings is 1. The van der Waals surface area contributed by atoms with Crippen LogP contribution in [-0.4, -0.2) is 49.0 Å². The van der Waals surface area contributed by atoms with Gasteiger partial charge >= 0.3 is 0 Å². The maximum Gasteiger partial charge on any atom is 0.165 e. The van der Waals surface area contributed by atoms with E-state index in [4.69, 9.17) is 14.2 Å². The zero-order chi connectivity index (χ0) is 20.9. The Labute approximate surface area is 180 Å². The van der Waals surface area contributed by atoms with Gasteiger partial charge in [0.1, 0.15) is 11.7 Å².